The molecule has 0 spiro atoms. The number of pyridine rings is 2. The van der Waals surface area contributed by atoms with Crippen LogP contribution in [0.5, 0.6) is 0 Å². The summed E-state index contributed by atoms with van der Waals surface area (Å²) in [6.45, 7) is 0. The van der Waals surface area contributed by atoms with E-state index in [0.29, 0.717) is 16.7 Å². The Labute approximate surface area is 173 Å². The SMILES string of the molecule is Brc1cccc2c1oc1cccnc12.O=Cc1cccc2c1oc1cccnc12. The Morgan fingerprint density at radius 2 is 1.31 bits per heavy atom. The number of para-hydroxylation sites is 2. The fourth-order valence-electron chi connectivity index (χ4n) is 3.32. The number of aromatic nitrogens is 2. The summed E-state index contributed by atoms with van der Waals surface area (Å²) in [6.07, 6.45) is 4.29. The minimum absolute atomic E-state index is 0.561. The Kier molecular flexibility index (Phi) is 4.33. The highest BCUT2D eigenvalue weighted by Crippen LogP contribution is 2.31. The molecule has 6 aromatic rings. The zero-order valence-electron chi connectivity index (χ0n) is 15.0. The van der Waals surface area contributed by atoms with Gasteiger partial charge in [0, 0.05) is 23.2 Å². The van der Waals surface area contributed by atoms with Crippen LogP contribution in [-0.4, -0.2) is 16.3 Å². The monoisotopic (exact) mass is 444 g/mol. The maximum absolute atomic E-state index is 10.8. The van der Waals surface area contributed by atoms with Crippen LogP contribution in [0.2, 0.25) is 0 Å². The molecule has 4 heterocycles. The van der Waals surface area contributed by atoms with Gasteiger partial charge in [-0.25, -0.2) is 0 Å². The van der Waals surface area contributed by atoms with Crippen LogP contribution in [0.3, 0.4) is 0 Å². The first-order chi connectivity index (χ1) is 14.3. The number of carbonyl (C=O) groups excluding carboxylic acids is 1. The lowest BCUT2D eigenvalue weighted by Gasteiger charge is -1.90. The molecule has 6 rings (SSSR count). The number of carbonyl (C=O) groups is 1. The van der Waals surface area contributed by atoms with Crippen LogP contribution in [0.15, 0.2) is 86.4 Å². The Hall–Kier alpha value is -3.51. The van der Waals surface area contributed by atoms with Crippen molar-refractivity contribution < 1.29 is 13.6 Å². The normalized spacial score (nSPS) is 11.1. The van der Waals surface area contributed by atoms with Gasteiger partial charge in [-0.3, -0.25) is 14.8 Å². The van der Waals surface area contributed by atoms with Gasteiger partial charge in [0.1, 0.15) is 16.6 Å². The lowest BCUT2D eigenvalue weighted by atomic mass is 10.1. The van der Waals surface area contributed by atoms with Crippen molar-refractivity contribution in [3.8, 4) is 0 Å². The van der Waals surface area contributed by atoms with Crippen LogP contribution in [0, 0.1) is 0 Å². The van der Waals surface area contributed by atoms with Gasteiger partial charge in [0.15, 0.2) is 23.0 Å². The van der Waals surface area contributed by atoms with E-state index in [9.17, 15) is 4.79 Å². The number of halogens is 1. The summed E-state index contributed by atoms with van der Waals surface area (Å²) < 4.78 is 12.2. The van der Waals surface area contributed by atoms with Crippen LogP contribution < -0.4 is 0 Å². The zero-order chi connectivity index (χ0) is 19.8. The van der Waals surface area contributed by atoms with Gasteiger partial charge in [0.25, 0.3) is 0 Å². The molecule has 0 unspecified atom stereocenters. The van der Waals surface area contributed by atoms with E-state index in [2.05, 4.69) is 25.9 Å². The standard InChI is InChI=1S/C12H7NO2.C11H6BrNO/c14-7-8-3-1-4-9-11-10(15-12(8)9)5-2-6-13-11;12-8-4-1-3-7-10-9(14-11(7)8)5-2-6-13-10/h1-7H;1-6H. The first-order valence-corrected chi connectivity index (χ1v) is 9.69. The van der Waals surface area contributed by atoms with Crippen molar-refractivity contribution in [2.45, 2.75) is 0 Å². The average Bonchev–Trinajstić information content (AvgIpc) is 3.34. The summed E-state index contributed by atoms with van der Waals surface area (Å²) >= 11 is 3.45. The molecule has 0 fully saturated rings. The second-order valence-corrected chi connectivity index (χ2v) is 7.22. The van der Waals surface area contributed by atoms with E-state index >= 15 is 0 Å². The van der Waals surface area contributed by atoms with E-state index in [0.717, 1.165) is 43.7 Å². The maximum atomic E-state index is 10.8. The molecular weight excluding hydrogens is 432 g/mol. The van der Waals surface area contributed by atoms with E-state index in [1.54, 1.807) is 18.5 Å². The van der Waals surface area contributed by atoms with Crippen molar-refractivity contribution in [1.29, 1.82) is 0 Å². The Bertz CT molecular complexity index is 1500. The highest BCUT2D eigenvalue weighted by atomic mass is 79.9. The molecule has 0 bridgehead atoms. The van der Waals surface area contributed by atoms with Crippen LogP contribution in [0.4, 0.5) is 0 Å². The number of aldehydes is 1. The summed E-state index contributed by atoms with van der Waals surface area (Å²) in [5.74, 6) is 0. The van der Waals surface area contributed by atoms with Crippen LogP contribution in [0.1, 0.15) is 10.4 Å². The number of benzene rings is 2. The largest absolute Gasteiger partial charge is 0.454 e. The quantitative estimate of drug-likeness (QED) is 0.269. The molecule has 5 nitrogen and oxygen atoms in total. The number of furan rings is 2. The molecule has 0 N–H and O–H groups in total. The van der Waals surface area contributed by atoms with Crippen molar-refractivity contribution >= 4 is 66.4 Å². The molecule has 29 heavy (non-hydrogen) atoms. The smallest absolute Gasteiger partial charge is 0.153 e. The van der Waals surface area contributed by atoms with Crippen molar-refractivity contribution in [2.75, 3.05) is 0 Å². The maximum Gasteiger partial charge on any atom is 0.153 e. The third-order valence-corrected chi connectivity index (χ3v) is 5.24. The van der Waals surface area contributed by atoms with Gasteiger partial charge in [-0.15, -0.1) is 0 Å². The van der Waals surface area contributed by atoms with Gasteiger partial charge in [-0.1, -0.05) is 12.1 Å². The molecule has 0 saturated carbocycles. The Morgan fingerprint density at radius 1 is 0.724 bits per heavy atom. The fraction of sp³-hybridized carbons (Fsp3) is 0. The fourth-order valence-corrected chi connectivity index (χ4v) is 3.76. The third-order valence-electron chi connectivity index (χ3n) is 4.62. The van der Waals surface area contributed by atoms with Crippen molar-refractivity contribution in [3.63, 3.8) is 0 Å². The molecule has 2 aromatic carbocycles. The summed E-state index contributed by atoms with van der Waals surface area (Å²) in [4.78, 5) is 19.3. The molecule has 0 aliphatic carbocycles. The number of rotatable bonds is 1. The van der Waals surface area contributed by atoms with Crippen molar-refractivity contribution in [1.82, 2.24) is 9.97 Å². The van der Waals surface area contributed by atoms with Gasteiger partial charge in [-0.2, -0.15) is 0 Å². The van der Waals surface area contributed by atoms with E-state index in [-0.39, 0.29) is 0 Å². The molecule has 0 atom stereocenters. The van der Waals surface area contributed by atoms with E-state index < -0.39 is 0 Å². The molecule has 4 aromatic heterocycles. The minimum atomic E-state index is 0.561. The predicted octanol–water partition coefficient (Wildman–Crippen LogP) is 6.54. The molecular formula is C23H13BrN2O3. The molecule has 140 valence electrons. The molecule has 0 aliphatic heterocycles. The Morgan fingerprint density at radius 3 is 1.97 bits per heavy atom. The summed E-state index contributed by atoms with van der Waals surface area (Å²) in [6, 6.07) is 18.9. The lowest BCUT2D eigenvalue weighted by molar-refractivity contribution is 0.112. The number of hydrogen-bond donors (Lipinski definition) is 0. The van der Waals surface area contributed by atoms with E-state index in [1.807, 2.05) is 54.6 Å². The van der Waals surface area contributed by atoms with Gasteiger partial charge < -0.3 is 8.83 Å². The average molecular weight is 445 g/mol. The van der Waals surface area contributed by atoms with Gasteiger partial charge >= 0.3 is 0 Å². The van der Waals surface area contributed by atoms with Gasteiger partial charge in [-0.05, 0) is 64.5 Å². The third kappa shape index (κ3) is 2.98. The van der Waals surface area contributed by atoms with Crippen LogP contribution in [0.25, 0.3) is 44.1 Å². The van der Waals surface area contributed by atoms with Crippen LogP contribution in [-0.2, 0) is 0 Å². The zero-order valence-corrected chi connectivity index (χ0v) is 16.6. The topological polar surface area (TPSA) is 69.1 Å². The molecule has 0 radical (unpaired) electrons. The molecule has 0 aliphatic rings. The van der Waals surface area contributed by atoms with E-state index in [4.69, 9.17) is 8.83 Å². The Balaban J connectivity index is 0.000000125. The second-order valence-electron chi connectivity index (χ2n) is 6.36. The highest BCUT2D eigenvalue weighted by molar-refractivity contribution is 9.10. The van der Waals surface area contributed by atoms with E-state index in [1.165, 1.54) is 0 Å². The van der Waals surface area contributed by atoms with Gasteiger partial charge in [0.05, 0.1) is 10.0 Å². The first-order valence-electron chi connectivity index (χ1n) is 8.89. The number of fused-ring (bicyclic) bond motifs is 6. The number of hydrogen-bond acceptors (Lipinski definition) is 5. The summed E-state index contributed by atoms with van der Waals surface area (Å²) in [5.41, 5.74) is 5.30. The number of nitrogens with zero attached hydrogens (tertiary/aromatic N) is 2. The predicted molar refractivity (Wildman–Crippen MR) is 116 cm³/mol. The molecule has 0 saturated heterocycles. The molecule has 0 amide bonds. The highest BCUT2D eigenvalue weighted by Gasteiger charge is 2.10. The first kappa shape index (κ1) is 17.6. The van der Waals surface area contributed by atoms with Crippen LogP contribution >= 0.6 is 15.9 Å². The summed E-state index contributed by atoms with van der Waals surface area (Å²) in [7, 11) is 0. The van der Waals surface area contributed by atoms with Crippen molar-refractivity contribution in [3.05, 3.63) is 83.1 Å². The molecule has 6 heteroatoms. The lowest BCUT2D eigenvalue weighted by Crippen LogP contribution is -1.78. The van der Waals surface area contributed by atoms with Gasteiger partial charge in [0.2, 0.25) is 0 Å². The minimum Gasteiger partial charge on any atom is -0.454 e. The van der Waals surface area contributed by atoms with Crippen molar-refractivity contribution in [2.24, 2.45) is 0 Å². The summed E-state index contributed by atoms with van der Waals surface area (Å²) in [5, 5.41) is 1.94. The second kappa shape index (κ2) is 7.14.